The average Bonchev–Trinajstić information content (AvgIpc) is 2.99. The van der Waals surface area contributed by atoms with Gasteiger partial charge in [0.2, 0.25) is 0 Å². The van der Waals surface area contributed by atoms with E-state index in [2.05, 4.69) is 16.1 Å². The third-order valence-electron chi connectivity index (χ3n) is 4.46. The predicted molar refractivity (Wildman–Crippen MR) is 94.5 cm³/mol. The van der Waals surface area contributed by atoms with Crippen molar-refractivity contribution in [2.75, 3.05) is 32.8 Å². The summed E-state index contributed by atoms with van der Waals surface area (Å²) in [6.07, 6.45) is 0. The van der Waals surface area contributed by atoms with Crippen molar-refractivity contribution in [1.82, 2.24) is 15.0 Å². The van der Waals surface area contributed by atoms with E-state index in [-0.39, 0.29) is 12.5 Å². The fraction of sp³-hybridized carbons (Fsp3) is 0.474. The highest BCUT2D eigenvalue weighted by atomic mass is 16.5. The Morgan fingerprint density at radius 2 is 1.92 bits per heavy atom. The van der Waals surface area contributed by atoms with Crippen molar-refractivity contribution in [2.24, 2.45) is 0 Å². The molecule has 0 radical (unpaired) electrons. The Bertz CT molecular complexity index is 733. The first-order chi connectivity index (χ1) is 12.0. The molecule has 1 fully saturated rings. The molecule has 3 rings (SSSR count). The zero-order valence-electron chi connectivity index (χ0n) is 15.1. The van der Waals surface area contributed by atoms with E-state index >= 15 is 0 Å². The SMILES string of the molecule is Cc1ccc(OCC(=O)N2CCN(Cc3cc(C)no3)CC2)c(C)c1. The Kier molecular flexibility index (Phi) is 5.38. The first-order valence-corrected chi connectivity index (χ1v) is 8.63. The number of carbonyl (C=O) groups is 1. The van der Waals surface area contributed by atoms with Crippen molar-refractivity contribution in [2.45, 2.75) is 27.3 Å². The zero-order chi connectivity index (χ0) is 17.8. The zero-order valence-corrected chi connectivity index (χ0v) is 15.1. The van der Waals surface area contributed by atoms with Crippen LogP contribution in [0.15, 0.2) is 28.8 Å². The molecule has 134 valence electrons. The summed E-state index contributed by atoms with van der Waals surface area (Å²) in [6.45, 7) is 9.86. The summed E-state index contributed by atoms with van der Waals surface area (Å²) in [7, 11) is 0. The van der Waals surface area contributed by atoms with Gasteiger partial charge in [-0.25, -0.2) is 0 Å². The Morgan fingerprint density at radius 1 is 1.16 bits per heavy atom. The molecule has 6 heteroatoms. The first-order valence-electron chi connectivity index (χ1n) is 8.63. The van der Waals surface area contributed by atoms with Gasteiger partial charge >= 0.3 is 0 Å². The normalized spacial score (nSPS) is 15.4. The maximum atomic E-state index is 12.4. The summed E-state index contributed by atoms with van der Waals surface area (Å²) in [6, 6.07) is 7.94. The molecule has 0 atom stereocenters. The number of nitrogens with zero attached hydrogens (tertiary/aromatic N) is 3. The minimum Gasteiger partial charge on any atom is -0.484 e. The van der Waals surface area contributed by atoms with Crippen LogP contribution in [0.2, 0.25) is 0 Å². The summed E-state index contributed by atoms with van der Waals surface area (Å²) in [4.78, 5) is 16.5. The fourth-order valence-electron chi connectivity index (χ4n) is 3.06. The number of piperazine rings is 1. The molecule has 0 saturated carbocycles. The van der Waals surface area contributed by atoms with Crippen molar-refractivity contribution in [3.05, 3.63) is 46.8 Å². The minimum absolute atomic E-state index is 0.0372. The van der Waals surface area contributed by atoms with Crippen LogP contribution in [-0.2, 0) is 11.3 Å². The standard InChI is InChI=1S/C19H25N3O3/c1-14-4-5-18(15(2)10-14)24-13-19(23)22-8-6-21(7-9-22)12-17-11-16(3)20-25-17/h4-5,10-11H,6-9,12-13H2,1-3H3. The lowest BCUT2D eigenvalue weighted by Crippen LogP contribution is -2.49. The Hall–Kier alpha value is -2.34. The molecule has 2 aromatic rings. The first kappa shape index (κ1) is 17.5. The van der Waals surface area contributed by atoms with Gasteiger partial charge in [0, 0.05) is 32.2 Å². The van der Waals surface area contributed by atoms with Gasteiger partial charge in [0.25, 0.3) is 5.91 Å². The molecule has 1 aliphatic rings. The number of hydrogen-bond donors (Lipinski definition) is 0. The molecule has 1 aliphatic heterocycles. The second-order valence-electron chi connectivity index (χ2n) is 6.65. The van der Waals surface area contributed by atoms with Crippen molar-refractivity contribution in [3.8, 4) is 5.75 Å². The van der Waals surface area contributed by atoms with Gasteiger partial charge in [-0.1, -0.05) is 22.9 Å². The van der Waals surface area contributed by atoms with E-state index in [1.54, 1.807) is 0 Å². The molecule has 1 aromatic heterocycles. The van der Waals surface area contributed by atoms with Gasteiger partial charge in [-0.05, 0) is 32.4 Å². The van der Waals surface area contributed by atoms with E-state index in [1.165, 1.54) is 5.56 Å². The van der Waals surface area contributed by atoms with Crippen molar-refractivity contribution >= 4 is 5.91 Å². The van der Waals surface area contributed by atoms with E-state index in [0.29, 0.717) is 13.1 Å². The molecular weight excluding hydrogens is 318 g/mol. The number of aromatic nitrogens is 1. The van der Waals surface area contributed by atoms with Gasteiger partial charge in [-0.15, -0.1) is 0 Å². The van der Waals surface area contributed by atoms with E-state index in [9.17, 15) is 4.79 Å². The molecule has 1 aromatic carbocycles. The number of carbonyl (C=O) groups excluding carboxylic acids is 1. The summed E-state index contributed by atoms with van der Waals surface area (Å²) in [5, 5.41) is 3.91. The van der Waals surface area contributed by atoms with E-state index in [4.69, 9.17) is 9.26 Å². The number of aryl methyl sites for hydroxylation is 3. The quantitative estimate of drug-likeness (QED) is 0.834. The van der Waals surface area contributed by atoms with Gasteiger partial charge in [0.15, 0.2) is 12.4 Å². The second kappa shape index (κ2) is 7.70. The Labute approximate surface area is 148 Å². The fourth-order valence-corrected chi connectivity index (χ4v) is 3.06. The number of hydrogen-bond acceptors (Lipinski definition) is 5. The van der Waals surface area contributed by atoms with Crippen molar-refractivity contribution in [1.29, 1.82) is 0 Å². The lowest BCUT2D eigenvalue weighted by Gasteiger charge is -2.34. The van der Waals surface area contributed by atoms with Gasteiger partial charge < -0.3 is 14.2 Å². The van der Waals surface area contributed by atoms with Crippen molar-refractivity contribution in [3.63, 3.8) is 0 Å². The average molecular weight is 343 g/mol. The van der Waals surface area contributed by atoms with Crippen molar-refractivity contribution < 1.29 is 14.1 Å². The Balaban J connectivity index is 1.45. The lowest BCUT2D eigenvalue weighted by atomic mass is 10.1. The smallest absolute Gasteiger partial charge is 0.260 e. The maximum absolute atomic E-state index is 12.4. The molecule has 0 aliphatic carbocycles. The van der Waals surface area contributed by atoms with Gasteiger partial charge in [0.1, 0.15) is 5.75 Å². The number of rotatable bonds is 5. The molecule has 0 unspecified atom stereocenters. The van der Waals surface area contributed by atoms with Crippen LogP contribution in [0.5, 0.6) is 5.75 Å². The van der Waals surface area contributed by atoms with Crippen LogP contribution >= 0.6 is 0 Å². The van der Waals surface area contributed by atoms with Gasteiger partial charge in [-0.3, -0.25) is 9.69 Å². The third-order valence-corrected chi connectivity index (χ3v) is 4.46. The highest BCUT2D eigenvalue weighted by Crippen LogP contribution is 2.19. The van der Waals surface area contributed by atoms with E-state index in [1.807, 2.05) is 43.9 Å². The minimum atomic E-state index is 0.0372. The molecule has 0 spiro atoms. The summed E-state index contributed by atoms with van der Waals surface area (Å²) < 4.78 is 11.0. The van der Waals surface area contributed by atoms with E-state index in [0.717, 1.165) is 42.4 Å². The second-order valence-corrected chi connectivity index (χ2v) is 6.65. The molecule has 0 bridgehead atoms. The molecule has 25 heavy (non-hydrogen) atoms. The summed E-state index contributed by atoms with van der Waals surface area (Å²) in [5.74, 6) is 1.68. The van der Waals surface area contributed by atoms with Gasteiger partial charge in [0.05, 0.1) is 12.2 Å². The highest BCUT2D eigenvalue weighted by Gasteiger charge is 2.22. The molecule has 1 saturated heterocycles. The summed E-state index contributed by atoms with van der Waals surface area (Å²) >= 11 is 0. The molecule has 6 nitrogen and oxygen atoms in total. The highest BCUT2D eigenvalue weighted by molar-refractivity contribution is 5.78. The number of amides is 1. The molecule has 2 heterocycles. The van der Waals surface area contributed by atoms with Gasteiger partial charge in [-0.2, -0.15) is 0 Å². The predicted octanol–water partition coefficient (Wildman–Crippen LogP) is 2.32. The van der Waals surface area contributed by atoms with Crippen LogP contribution < -0.4 is 4.74 Å². The number of ether oxygens (including phenoxy) is 1. The van der Waals surface area contributed by atoms with E-state index < -0.39 is 0 Å². The number of benzene rings is 1. The summed E-state index contributed by atoms with van der Waals surface area (Å²) in [5.41, 5.74) is 3.14. The maximum Gasteiger partial charge on any atom is 0.260 e. The molecular formula is C19H25N3O3. The van der Waals surface area contributed by atoms with Crippen LogP contribution in [0, 0.1) is 20.8 Å². The van der Waals surface area contributed by atoms with Crippen LogP contribution in [0.25, 0.3) is 0 Å². The molecule has 0 N–H and O–H groups in total. The monoisotopic (exact) mass is 343 g/mol. The lowest BCUT2D eigenvalue weighted by molar-refractivity contribution is -0.135. The van der Waals surface area contributed by atoms with Crippen LogP contribution in [0.4, 0.5) is 0 Å². The van der Waals surface area contributed by atoms with Crippen LogP contribution in [0.3, 0.4) is 0 Å². The topological polar surface area (TPSA) is 58.8 Å². The Morgan fingerprint density at radius 3 is 2.56 bits per heavy atom. The third kappa shape index (κ3) is 4.60. The van der Waals surface area contributed by atoms with Crippen LogP contribution in [-0.4, -0.2) is 53.6 Å². The molecule has 1 amide bonds. The largest absolute Gasteiger partial charge is 0.484 e. The van der Waals surface area contributed by atoms with Crippen LogP contribution in [0.1, 0.15) is 22.6 Å².